The van der Waals surface area contributed by atoms with Crippen molar-refractivity contribution in [2.45, 2.75) is 31.2 Å². The summed E-state index contributed by atoms with van der Waals surface area (Å²) in [5.74, 6) is -0.749. The Labute approximate surface area is 137 Å². The summed E-state index contributed by atoms with van der Waals surface area (Å²) in [6.07, 6.45) is 0. The third-order valence-corrected chi connectivity index (χ3v) is 4.05. The minimum Gasteiger partial charge on any atom is -0.325 e. The Morgan fingerprint density at radius 2 is 1.91 bits per heavy atom. The van der Waals surface area contributed by atoms with Gasteiger partial charge in [0.2, 0.25) is 5.91 Å². The van der Waals surface area contributed by atoms with Crippen molar-refractivity contribution in [1.82, 2.24) is 9.97 Å². The lowest BCUT2D eigenvalue weighted by Gasteiger charge is -2.12. The molecule has 1 heterocycles. The van der Waals surface area contributed by atoms with Crippen LogP contribution >= 0.6 is 23.4 Å². The second-order valence-corrected chi connectivity index (χ2v) is 6.53. The first kappa shape index (κ1) is 16.7. The second-order valence-electron chi connectivity index (χ2n) is 4.81. The minimum absolute atomic E-state index is 0.0317. The maximum absolute atomic E-state index is 13.1. The van der Waals surface area contributed by atoms with E-state index in [0.29, 0.717) is 10.8 Å². The van der Waals surface area contributed by atoms with Crippen LogP contribution in [0.25, 0.3) is 0 Å². The first-order valence-corrected chi connectivity index (χ1v) is 7.86. The molecule has 1 aromatic carbocycles. The highest BCUT2D eigenvalue weighted by Crippen LogP contribution is 2.23. The number of aromatic nitrogens is 2. The molecule has 1 N–H and O–H groups in total. The van der Waals surface area contributed by atoms with Gasteiger partial charge in [0.05, 0.1) is 10.3 Å². The largest absolute Gasteiger partial charge is 0.325 e. The Morgan fingerprint density at radius 1 is 1.27 bits per heavy atom. The van der Waals surface area contributed by atoms with Gasteiger partial charge >= 0.3 is 0 Å². The third-order valence-electron chi connectivity index (χ3n) is 2.80. The van der Waals surface area contributed by atoms with Crippen molar-refractivity contribution in [3.8, 4) is 0 Å². The first-order chi connectivity index (χ1) is 10.3. The Kier molecular flexibility index (Phi) is 5.37. The number of thioether (sulfide) groups is 1. The van der Waals surface area contributed by atoms with Crippen LogP contribution in [0.5, 0.6) is 0 Å². The molecule has 0 bridgehead atoms. The summed E-state index contributed by atoms with van der Waals surface area (Å²) in [7, 11) is 0. The van der Waals surface area contributed by atoms with Crippen LogP contribution in [0.1, 0.15) is 18.3 Å². The van der Waals surface area contributed by atoms with E-state index in [1.807, 2.05) is 19.9 Å². The molecule has 0 spiro atoms. The molecule has 2 aromatic rings. The molecule has 0 saturated heterocycles. The molecular weight excluding hydrogens is 325 g/mol. The van der Waals surface area contributed by atoms with Gasteiger partial charge in [-0.25, -0.2) is 14.4 Å². The van der Waals surface area contributed by atoms with Crippen LogP contribution in [0, 0.1) is 19.7 Å². The summed E-state index contributed by atoms with van der Waals surface area (Å²) >= 11 is 6.96. The van der Waals surface area contributed by atoms with E-state index in [0.717, 1.165) is 11.4 Å². The normalized spacial score (nSPS) is 12.0. The van der Waals surface area contributed by atoms with Gasteiger partial charge in [0.15, 0.2) is 5.16 Å². The number of rotatable bonds is 4. The van der Waals surface area contributed by atoms with Gasteiger partial charge in [-0.05, 0) is 45.0 Å². The van der Waals surface area contributed by atoms with Crippen molar-refractivity contribution >= 4 is 35.0 Å². The number of nitrogens with one attached hydrogen (secondary N) is 1. The first-order valence-electron chi connectivity index (χ1n) is 6.60. The van der Waals surface area contributed by atoms with Gasteiger partial charge in [0.25, 0.3) is 0 Å². The van der Waals surface area contributed by atoms with Crippen LogP contribution in [0.2, 0.25) is 5.02 Å². The zero-order valence-electron chi connectivity index (χ0n) is 12.4. The lowest BCUT2D eigenvalue weighted by molar-refractivity contribution is -0.115. The van der Waals surface area contributed by atoms with Crippen molar-refractivity contribution in [3.63, 3.8) is 0 Å². The van der Waals surface area contributed by atoms with Gasteiger partial charge in [-0.15, -0.1) is 0 Å². The highest BCUT2D eigenvalue weighted by atomic mass is 35.5. The summed E-state index contributed by atoms with van der Waals surface area (Å²) in [4.78, 5) is 20.7. The Balaban J connectivity index is 2.04. The highest BCUT2D eigenvalue weighted by Gasteiger charge is 2.17. The second kappa shape index (κ2) is 7.07. The monoisotopic (exact) mass is 339 g/mol. The molecule has 7 heteroatoms. The average molecular weight is 340 g/mol. The van der Waals surface area contributed by atoms with Crippen molar-refractivity contribution in [1.29, 1.82) is 0 Å². The number of carbonyl (C=O) groups is 1. The summed E-state index contributed by atoms with van der Waals surface area (Å²) in [5, 5.41) is 2.82. The molecule has 0 fully saturated rings. The summed E-state index contributed by atoms with van der Waals surface area (Å²) in [5.41, 5.74) is 2.16. The fourth-order valence-electron chi connectivity index (χ4n) is 1.78. The number of amides is 1. The SMILES string of the molecule is Cc1cc(C)nc(S[C@@H](C)C(=O)Nc2ccc(F)c(Cl)c2)n1. The zero-order chi connectivity index (χ0) is 16.3. The van der Waals surface area contributed by atoms with Crippen LogP contribution in [0.3, 0.4) is 0 Å². The maximum atomic E-state index is 13.1. The van der Waals surface area contributed by atoms with E-state index in [1.165, 1.54) is 30.0 Å². The van der Waals surface area contributed by atoms with Gasteiger partial charge in [0.1, 0.15) is 5.82 Å². The van der Waals surface area contributed by atoms with Crippen LogP contribution in [-0.2, 0) is 4.79 Å². The number of aryl methyl sites for hydroxylation is 2. The maximum Gasteiger partial charge on any atom is 0.237 e. The Hall–Kier alpha value is -1.66. The Morgan fingerprint density at radius 3 is 2.50 bits per heavy atom. The lowest BCUT2D eigenvalue weighted by atomic mass is 10.3. The topological polar surface area (TPSA) is 54.9 Å². The van der Waals surface area contributed by atoms with Crippen molar-refractivity contribution in [2.75, 3.05) is 5.32 Å². The molecule has 22 heavy (non-hydrogen) atoms. The number of anilines is 1. The van der Waals surface area contributed by atoms with Crippen molar-refractivity contribution in [3.05, 3.63) is 46.5 Å². The van der Waals surface area contributed by atoms with Crippen LogP contribution in [0.15, 0.2) is 29.4 Å². The van der Waals surface area contributed by atoms with Crippen molar-refractivity contribution in [2.24, 2.45) is 0 Å². The molecule has 116 valence electrons. The lowest BCUT2D eigenvalue weighted by Crippen LogP contribution is -2.22. The molecular formula is C15H15ClFN3OS. The predicted octanol–water partition coefficient (Wildman–Crippen LogP) is 4.01. The standard InChI is InChI=1S/C15H15ClFN3OS/c1-8-6-9(2)19-15(18-8)22-10(3)14(21)20-11-4-5-13(17)12(16)7-11/h4-7,10H,1-3H3,(H,20,21)/t10-/m0/s1. The van der Waals surface area contributed by atoms with Gasteiger partial charge in [-0.2, -0.15) is 0 Å². The zero-order valence-corrected chi connectivity index (χ0v) is 13.9. The number of hydrogen-bond donors (Lipinski definition) is 1. The van der Waals surface area contributed by atoms with E-state index in [-0.39, 0.29) is 10.9 Å². The van der Waals surface area contributed by atoms with Crippen LogP contribution in [-0.4, -0.2) is 21.1 Å². The molecule has 4 nitrogen and oxygen atoms in total. The van der Waals surface area contributed by atoms with Gasteiger partial charge in [-0.1, -0.05) is 23.4 Å². The number of carbonyl (C=O) groups excluding carboxylic acids is 1. The summed E-state index contributed by atoms with van der Waals surface area (Å²) in [6.45, 7) is 5.51. The van der Waals surface area contributed by atoms with E-state index in [2.05, 4.69) is 15.3 Å². The van der Waals surface area contributed by atoms with Gasteiger partial charge < -0.3 is 5.32 Å². The predicted molar refractivity (Wildman–Crippen MR) is 86.9 cm³/mol. The smallest absolute Gasteiger partial charge is 0.237 e. The number of benzene rings is 1. The quantitative estimate of drug-likeness (QED) is 0.675. The molecule has 0 aliphatic rings. The number of halogens is 2. The number of nitrogens with zero attached hydrogens (tertiary/aromatic N) is 2. The highest BCUT2D eigenvalue weighted by molar-refractivity contribution is 8.00. The molecule has 1 aromatic heterocycles. The van der Waals surface area contributed by atoms with Gasteiger partial charge in [-0.3, -0.25) is 4.79 Å². The molecule has 0 aliphatic carbocycles. The third kappa shape index (κ3) is 4.42. The van der Waals surface area contributed by atoms with Crippen molar-refractivity contribution < 1.29 is 9.18 Å². The molecule has 0 unspecified atom stereocenters. The summed E-state index contributed by atoms with van der Waals surface area (Å²) < 4.78 is 13.1. The molecule has 0 radical (unpaired) electrons. The van der Waals surface area contributed by atoms with E-state index in [9.17, 15) is 9.18 Å². The fraction of sp³-hybridized carbons (Fsp3) is 0.267. The molecule has 2 rings (SSSR count). The van der Waals surface area contributed by atoms with E-state index >= 15 is 0 Å². The fourth-order valence-corrected chi connectivity index (χ4v) is 2.83. The molecule has 1 atom stereocenters. The van der Waals surface area contributed by atoms with E-state index < -0.39 is 11.1 Å². The Bertz CT molecular complexity index is 691. The molecule has 0 aliphatic heterocycles. The van der Waals surface area contributed by atoms with Crippen LogP contribution < -0.4 is 5.32 Å². The number of hydrogen-bond acceptors (Lipinski definition) is 4. The minimum atomic E-state index is -0.522. The van der Waals surface area contributed by atoms with E-state index in [4.69, 9.17) is 11.6 Å². The summed E-state index contributed by atoms with van der Waals surface area (Å²) in [6, 6.07) is 5.92. The average Bonchev–Trinajstić information content (AvgIpc) is 2.41. The molecule has 1 amide bonds. The van der Waals surface area contributed by atoms with Gasteiger partial charge in [0, 0.05) is 17.1 Å². The van der Waals surface area contributed by atoms with E-state index in [1.54, 1.807) is 6.92 Å². The molecule has 0 saturated carbocycles. The van der Waals surface area contributed by atoms with Crippen LogP contribution in [0.4, 0.5) is 10.1 Å².